The minimum atomic E-state index is -0.663. The quantitative estimate of drug-likeness (QED) is 0.547. The van der Waals surface area contributed by atoms with Crippen LogP contribution in [0.25, 0.3) is 5.69 Å². The van der Waals surface area contributed by atoms with Crippen LogP contribution in [0.2, 0.25) is 5.02 Å². The Morgan fingerprint density at radius 3 is 2.71 bits per heavy atom. The predicted octanol–water partition coefficient (Wildman–Crippen LogP) is 3.79. The molecule has 0 bridgehead atoms. The van der Waals surface area contributed by atoms with E-state index < -0.39 is 11.9 Å². The van der Waals surface area contributed by atoms with Gasteiger partial charge in [-0.1, -0.05) is 23.7 Å². The first-order valence-electron chi connectivity index (χ1n) is 11.4. The van der Waals surface area contributed by atoms with E-state index in [1.807, 2.05) is 37.6 Å². The lowest BCUT2D eigenvalue weighted by Gasteiger charge is -2.29. The number of hydrogen-bond donors (Lipinski definition) is 1. The van der Waals surface area contributed by atoms with Crippen molar-refractivity contribution in [2.75, 3.05) is 0 Å². The highest BCUT2D eigenvalue weighted by Gasteiger charge is 2.40. The molecule has 1 unspecified atom stereocenters. The molecule has 0 radical (unpaired) electrons. The van der Waals surface area contributed by atoms with Crippen LogP contribution < -0.4 is 10.1 Å². The van der Waals surface area contributed by atoms with Gasteiger partial charge in [-0.3, -0.25) is 19.7 Å². The summed E-state index contributed by atoms with van der Waals surface area (Å²) >= 11 is 6.52. The zero-order valence-electron chi connectivity index (χ0n) is 19.7. The highest BCUT2D eigenvalue weighted by atomic mass is 35.5. The van der Waals surface area contributed by atoms with E-state index in [9.17, 15) is 14.4 Å². The molecular formula is C26H25ClN4O4. The number of piperidine rings is 1. The van der Waals surface area contributed by atoms with Gasteiger partial charge in [0, 0.05) is 28.8 Å². The molecular weight excluding hydrogens is 468 g/mol. The van der Waals surface area contributed by atoms with E-state index in [0.29, 0.717) is 22.8 Å². The first-order chi connectivity index (χ1) is 16.7. The van der Waals surface area contributed by atoms with Gasteiger partial charge in [0.15, 0.2) is 0 Å². The van der Waals surface area contributed by atoms with Crippen molar-refractivity contribution in [2.24, 2.45) is 0 Å². The molecule has 1 aromatic heterocycles. The van der Waals surface area contributed by atoms with Crippen molar-refractivity contribution in [1.29, 1.82) is 0 Å². The lowest BCUT2D eigenvalue weighted by molar-refractivity contribution is -0.136. The molecule has 3 amide bonds. The Hall–Kier alpha value is -3.65. The Morgan fingerprint density at radius 2 is 1.97 bits per heavy atom. The molecule has 0 spiro atoms. The third-order valence-corrected chi connectivity index (χ3v) is 6.93. The maximum absolute atomic E-state index is 13.0. The van der Waals surface area contributed by atoms with Crippen LogP contribution in [0.3, 0.4) is 0 Å². The molecule has 2 aliphatic rings. The highest BCUT2D eigenvalue weighted by molar-refractivity contribution is 6.32. The number of rotatable bonds is 5. The molecule has 3 aromatic rings. The summed E-state index contributed by atoms with van der Waals surface area (Å²) in [5, 5.41) is 7.50. The lowest BCUT2D eigenvalue weighted by atomic mass is 10.0. The number of carbonyl (C=O) groups excluding carboxylic acids is 3. The number of ether oxygens (including phenoxy) is 1. The molecule has 35 heavy (non-hydrogen) atoms. The molecule has 0 saturated carbocycles. The number of aromatic nitrogens is 2. The second-order valence-corrected chi connectivity index (χ2v) is 9.46. The summed E-state index contributed by atoms with van der Waals surface area (Å²) in [6.07, 6.45) is 2.29. The minimum Gasteiger partial charge on any atom is -0.488 e. The molecule has 9 heteroatoms. The van der Waals surface area contributed by atoms with Crippen LogP contribution in [0.5, 0.6) is 5.75 Å². The fourth-order valence-corrected chi connectivity index (χ4v) is 5.24. The van der Waals surface area contributed by atoms with E-state index in [1.165, 1.54) is 4.90 Å². The number of fused-ring (bicyclic) bond motifs is 1. The normalized spacial score (nSPS) is 17.5. The first kappa shape index (κ1) is 23.1. The summed E-state index contributed by atoms with van der Waals surface area (Å²) in [6, 6.07) is 8.65. The van der Waals surface area contributed by atoms with E-state index in [4.69, 9.17) is 16.3 Å². The molecule has 180 valence electrons. The summed E-state index contributed by atoms with van der Waals surface area (Å²) in [4.78, 5) is 38.4. The molecule has 1 saturated heterocycles. The van der Waals surface area contributed by atoms with Crippen LogP contribution in [0.4, 0.5) is 0 Å². The Balaban J connectivity index is 1.36. The van der Waals surface area contributed by atoms with Gasteiger partial charge < -0.3 is 9.64 Å². The van der Waals surface area contributed by atoms with Gasteiger partial charge in [0.2, 0.25) is 11.8 Å². The molecule has 0 aliphatic carbocycles. The maximum atomic E-state index is 13.0. The summed E-state index contributed by atoms with van der Waals surface area (Å²) in [6.45, 7) is 6.49. The zero-order chi connectivity index (χ0) is 24.9. The van der Waals surface area contributed by atoms with E-state index in [0.717, 1.165) is 33.6 Å². The van der Waals surface area contributed by atoms with E-state index >= 15 is 0 Å². The lowest BCUT2D eigenvalue weighted by Crippen LogP contribution is -2.52. The monoisotopic (exact) mass is 492 g/mol. The first-order valence-corrected chi connectivity index (χ1v) is 11.8. The highest BCUT2D eigenvalue weighted by Crippen LogP contribution is 2.34. The Morgan fingerprint density at radius 1 is 1.17 bits per heavy atom. The molecule has 5 rings (SSSR count). The van der Waals surface area contributed by atoms with Gasteiger partial charge in [-0.15, -0.1) is 0 Å². The standard InChI is InChI=1S/C26H25ClN4O4/c1-14-9-15(2)24(20(27)10-14)31-16(3)17(11-28-31)13-35-22-6-4-5-18-19(22)12-30(26(18)34)21-7-8-23(32)29-25(21)33/h4-6,9-11,21H,7-8,12-13H2,1-3H3,(H,29,32,33). The summed E-state index contributed by atoms with van der Waals surface area (Å²) in [5.74, 6) is -0.383. The average Bonchev–Trinajstić information content (AvgIpc) is 3.32. The third kappa shape index (κ3) is 4.08. The fourth-order valence-electron chi connectivity index (χ4n) is 4.83. The number of nitrogens with zero attached hydrogens (tertiary/aromatic N) is 3. The summed E-state index contributed by atoms with van der Waals surface area (Å²) in [7, 11) is 0. The molecule has 1 N–H and O–H groups in total. The summed E-state index contributed by atoms with van der Waals surface area (Å²) < 4.78 is 7.97. The molecule has 2 aliphatic heterocycles. The topological polar surface area (TPSA) is 93.5 Å². The molecule has 1 fully saturated rings. The van der Waals surface area contributed by atoms with E-state index in [-0.39, 0.29) is 31.4 Å². The van der Waals surface area contributed by atoms with Crippen LogP contribution in [-0.4, -0.2) is 38.4 Å². The van der Waals surface area contributed by atoms with Crippen molar-refractivity contribution >= 4 is 29.3 Å². The molecule has 2 aromatic carbocycles. The van der Waals surface area contributed by atoms with Crippen LogP contribution in [0, 0.1) is 20.8 Å². The number of halogens is 1. The van der Waals surface area contributed by atoms with Crippen LogP contribution >= 0.6 is 11.6 Å². The van der Waals surface area contributed by atoms with Gasteiger partial charge in [-0.2, -0.15) is 5.10 Å². The predicted molar refractivity (Wildman–Crippen MR) is 130 cm³/mol. The van der Waals surface area contributed by atoms with Crippen LogP contribution in [-0.2, 0) is 22.7 Å². The van der Waals surface area contributed by atoms with Gasteiger partial charge in [0.1, 0.15) is 18.4 Å². The van der Waals surface area contributed by atoms with Crippen molar-refractivity contribution in [2.45, 2.75) is 52.8 Å². The number of nitrogens with one attached hydrogen (secondary N) is 1. The van der Waals surface area contributed by atoms with Gasteiger partial charge >= 0.3 is 0 Å². The van der Waals surface area contributed by atoms with Crippen molar-refractivity contribution in [3.63, 3.8) is 0 Å². The van der Waals surface area contributed by atoms with Crippen LogP contribution in [0.1, 0.15) is 51.1 Å². The largest absolute Gasteiger partial charge is 0.488 e. The number of amides is 3. The average molecular weight is 493 g/mol. The maximum Gasteiger partial charge on any atom is 0.255 e. The second kappa shape index (κ2) is 8.85. The van der Waals surface area contributed by atoms with Crippen molar-refractivity contribution in [3.8, 4) is 11.4 Å². The number of carbonyl (C=O) groups is 3. The minimum absolute atomic E-state index is 0.216. The molecule has 1 atom stereocenters. The van der Waals surface area contributed by atoms with Gasteiger partial charge in [0.05, 0.1) is 23.5 Å². The van der Waals surface area contributed by atoms with Crippen molar-refractivity contribution in [3.05, 3.63) is 75.1 Å². The Labute approximate surface area is 207 Å². The van der Waals surface area contributed by atoms with Gasteiger partial charge in [-0.05, 0) is 56.5 Å². The second-order valence-electron chi connectivity index (χ2n) is 9.05. The Bertz CT molecular complexity index is 1360. The summed E-state index contributed by atoms with van der Waals surface area (Å²) in [5.41, 5.74) is 6.01. The number of imide groups is 1. The van der Waals surface area contributed by atoms with Crippen molar-refractivity contribution in [1.82, 2.24) is 20.0 Å². The molecule has 8 nitrogen and oxygen atoms in total. The van der Waals surface area contributed by atoms with Gasteiger partial charge in [-0.25, -0.2) is 4.68 Å². The van der Waals surface area contributed by atoms with Crippen LogP contribution in [0.15, 0.2) is 36.5 Å². The smallest absolute Gasteiger partial charge is 0.255 e. The van der Waals surface area contributed by atoms with Gasteiger partial charge in [0.25, 0.3) is 5.91 Å². The molecule has 3 heterocycles. The van der Waals surface area contributed by atoms with E-state index in [2.05, 4.69) is 16.5 Å². The number of hydrogen-bond acceptors (Lipinski definition) is 5. The fraction of sp³-hybridized carbons (Fsp3) is 0.308. The SMILES string of the molecule is Cc1cc(C)c(-n2ncc(COc3cccc4c3CN(C3CCC(=O)NC3=O)C4=O)c2C)c(Cl)c1. The third-order valence-electron chi connectivity index (χ3n) is 6.64. The van der Waals surface area contributed by atoms with E-state index in [1.54, 1.807) is 18.3 Å². The number of aryl methyl sites for hydroxylation is 2. The number of benzene rings is 2. The van der Waals surface area contributed by atoms with Crippen molar-refractivity contribution < 1.29 is 19.1 Å². The zero-order valence-corrected chi connectivity index (χ0v) is 20.5. The Kier molecular flexibility index (Phi) is 5.84.